The van der Waals surface area contributed by atoms with Gasteiger partial charge in [-0.25, -0.2) is 0 Å². The molecule has 0 atom stereocenters. The molecule has 1 nitrogen and oxygen atoms in total. The molecule has 4 bridgehead atoms. The van der Waals surface area contributed by atoms with Gasteiger partial charge in [0.1, 0.15) is 5.78 Å². The summed E-state index contributed by atoms with van der Waals surface area (Å²) in [6.07, 6.45) is 9.85. The number of ketones is 1. The number of hydrogen-bond donors (Lipinski definition) is 0. The minimum atomic E-state index is 0.390. The second-order valence-electron chi connectivity index (χ2n) is 7.94. The van der Waals surface area contributed by atoms with Gasteiger partial charge in [-0.15, -0.1) is 0 Å². The average molecular weight is 347 g/mol. The number of carbonyl (C=O) groups excluding carboxylic acids is 1. The molecular formula is C19H23BrO. The lowest BCUT2D eigenvalue weighted by Gasteiger charge is -2.56. The van der Waals surface area contributed by atoms with Crippen LogP contribution in [-0.2, 0) is 11.2 Å². The lowest BCUT2D eigenvalue weighted by atomic mass is 9.48. The van der Waals surface area contributed by atoms with Crippen molar-refractivity contribution in [3.05, 3.63) is 34.3 Å². The summed E-state index contributed by atoms with van der Waals surface area (Å²) in [6, 6.07) is 8.21. The molecule has 21 heavy (non-hydrogen) atoms. The summed E-state index contributed by atoms with van der Waals surface area (Å²) < 4.78 is 1.08. The Morgan fingerprint density at radius 1 is 1.00 bits per heavy atom. The molecule has 1 aromatic rings. The Morgan fingerprint density at radius 2 is 1.52 bits per heavy atom. The Bertz CT molecular complexity index is 510. The normalized spacial score (nSPS) is 36.9. The molecule has 5 rings (SSSR count). The highest BCUT2D eigenvalue weighted by atomic mass is 79.9. The van der Waals surface area contributed by atoms with Crippen molar-refractivity contribution in [3.63, 3.8) is 0 Å². The summed E-state index contributed by atoms with van der Waals surface area (Å²) in [5.41, 5.74) is 1.55. The summed E-state index contributed by atoms with van der Waals surface area (Å²) in [6.45, 7) is 0. The maximum atomic E-state index is 12.6. The van der Waals surface area contributed by atoms with Crippen LogP contribution in [0.5, 0.6) is 0 Å². The molecular weight excluding hydrogens is 324 g/mol. The van der Waals surface area contributed by atoms with Crippen LogP contribution < -0.4 is 0 Å². The van der Waals surface area contributed by atoms with Gasteiger partial charge < -0.3 is 0 Å². The third-order valence-corrected chi connectivity index (χ3v) is 6.58. The molecule has 0 aliphatic heterocycles. The first-order valence-corrected chi connectivity index (χ1v) is 9.16. The van der Waals surface area contributed by atoms with E-state index in [1.807, 2.05) is 12.1 Å². The van der Waals surface area contributed by atoms with Crippen LogP contribution in [0.3, 0.4) is 0 Å². The fourth-order valence-corrected chi connectivity index (χ4v) is 6.08. The van der Waals surface area contributed by atoms with Crippen molar-refractivity contribution < 1.29 is 4.79 Å². The zero-order valence-corrected chi connectivity index (χ0v) is 14.1. The topological polar surface area (TPSA) is 17.1 Å². The van der Waals surface area contributed by atoms with Gasteiger partial charge in [0, 0.05) is 17.3 Å². The summed E-state index contributed by atoms with van der Waals surface area (Å²) in [7, 11) is 0. The highest BCUT2D eigenvalue weighted by molar-refractivity contribution is 9.10. The minimum Gasteiger partial charge on any atom is -0.299 e. The highest BCUT2D eigenvalue weighted by Crippen LogP contribution is 2.61. The number of carbonyl (C=O) groups is 1. The van der Waals surface area contributed by atoms with E-state index in [1.165, 1.54) is 38.5 Å². The first kappa shape index (κ1) is 14.0. The van der Waals surface area contributed by atoms with Crippen molar-refractivity contribution in [2.45, 2.75) is 51.4 Å². The van der Waals surface area contributed by atoms with Crippen LogP contribution in [-0.4, -0.2) is 5.78 Å². The van der Waals surface area contributed by atoms with Gasteiger partial charge in [0.25, 0.3) is 0 Å². The van der Waals surface area contributed by atoms with E-state index < -0.39 is 0 Å². The average Bonchev–Trinajstić information content (AvgIpc) is 2.39. The van der Waals surface area contributed by atoms with Crippen molar-refractivity contribution in [2.75, 3.05) is 0 Å². The summed E-state index contributed by atoms with van der Waals surface area (Å²) >= 11 is 3.45. The molecule has 2 heteroatoms. The van der Waals surface area contributed by atoms with E-state index in [9.17, 15) is 4.79 Å². The first-order chi connectivity index (χ1) is 10.1. The largest absolute Gasteiger partial charge is 0.299 e. The zero-order chi connectivity index (χ0) is 14.4. The van der Waals surface area contributed by atoms with Gasteiger partial charge in [-0.05, 0) is 79.4 Å². The molecule has 0 spiro atoms. The fourth-order valence-electron chi connectivity index (χ4n) is 5.82. The Kier molecular flexibility index (Phi) is 3.48. The molecule has 4 aliphatic carbocycles. The zero-order valence-electron chi connectivity index (χ0n) is 12.5. The quantitative estimate of drug-likeness (QED) is 0.735. The van der Waals surface area contributed by atoms with E-state index in [1.54, 1.807) is 0 Å². The van der Waals surface area contributed by atoms with Crippen LogP contribution in [0.25, 0.3) is 0 Å². The van der Waals surface area contributed by atoms with Crippen LogP contribution in [0.15, 0.2) is 28.7 Å². The van der Waals surface area contributed by atoms with Crippen LogP contribution in [0.2, 0.25) is 0 Å². The predicted molar refractivity (Wildman–Crippen MR) is 88.1 cm³/mol. The van der Waals surface area contributed by atoms with E-state index in [0.29, 0.717) is 17.6 Å². The van der Waals surface area contributed by atoms with Gasteiger partial charge in [0.2, 0.25) is 0 Å². The Labute approximate surface area is 135 Å². The standard InChI is InChI=1S/C19H23BrO/c20-17-3-1-13(2-4-17)8-18(21)12-19-9-14-5-15(10-19)7-16(6-14)11-19/h1-4,14-16H,5-12H2. The smallest absolute Gasteiger partial charge is 0.137 e. The van der Waals surface area contributed by atoms with Crippen LogP contribution in [0, 0.1) is 23.2 Å². The van der Waals surface area contributed by atoms with Crippen LogP contribution in [0.1, 0.15) is 50.5 Å². The summed E-state index contributed by atoms with van der Waals surface area (Å²) in [5, 5.41) is 0. The Hall–Kier alpha value is -0.630. The molecule has 0 amide bonds. The first-order valence-electron chi connectivity index (χ1n) is 8.36. The third kappa shape index (κ3) is 2.84. The van der Waals surface area contributed by atoms with Gasteiger partial charge in [0.05, 0.1) is 0 Å². The molecule has 112 valence electrons. The lowest BCUT2D eigenvalue weighted by molar-refractivity contribution is -0.126. The van der Waals surface area contributed by atoms with Crippen molar-refractivity contribution in [1.82, 2.24) is 0 Å². The van der Waals surface area contributed by atoms with E-state index in [4.69, 9.17) is 0 Å². The lowest BCUT2D eigenvalue weighted by Crippen LogP contribution is -2.47. The molecule has 0 heterocycles. The number of benzene rings is 1. The monoisotopic (exact) mass is 346 g/mol. The second kappa shape index (κ2) is 5.22. The summed E-state index contributed by atoms with van der Waals surface area (Å²) in [4.78, 5) is 12.6. The molecule has 4 saturated carbocycles. The maximum absolute atomic E-state index is 12.6. The molecule has 0 aromatic heterocycles. The van der Waals surface area contributed by atoms with Crippen molar-refractivity contribution >= 4 is 21.7 Å². The SMILES string of the molecule is O=C(Cc1ccc(Br)cc1)CC12CC3CC(CC(C3)C1)C2. The fraction of sp³-hybridized carbons (Fsp3) is 0.632. The van der Waals surface area contributed by atoms with E-state index in [-0.39, 0.29) is 0 Å². The third-order valence-electron chi connectivity index (χ3n) is 6.05. The van der Waals surface area contributed by atoms with E-state index in [2.05, 4.69) is 28.1 Å². The van der Waals surface area contributed by atoms with E-state index >= 15 is 0 Å². The molecule has 1 aromatic carbocycles. The Balaban J connectivity index is 1.43. The van der Waals surface area contributed by atoms with Gasteiger partial charge >= 0.3 is 0 Å². The molecule has 0 unspecified atom stereocenters. The van der Waals surface area contributed by atoms with Crippen molar-refractivity contribution in [1.29, 1.82) is 0 Å². The molecule has 0 saturated heterocycles. The molecule has 0 radical (unpaired) electrons. The van der Waals surface area contributed by atoms with Gasteiger partial charge in [0.15, 0.2) is 0 Å². The molecule has 0 N–H and O–H groups in total. The maximum Gasteiger partial charge on any atom is 0.137 e. The summed E-state index contributed by atoms with van der Waals surface area (Å²) in [5.74, 6) is 3.28. The minimum absolute atomic E-state index is 0.390. The second-order valence-corrected chi connectivity index (χ2v) is 8.85. The number of hydrogen-bond acceptors (Lipinski definition) is 1. The van der Waals surface area contributed by atoms with Crippen LogP contribution in [0.4, 0.5) is 0 Å². The molecule has 4 aliphatic rings. The van der Waals surface area contributed by atoms with Crippen molar-refractivity contribution in [3.8, 4) is 0 Å². The highest BCUT2D eigenvalue weighted by Gasteiger charge is 2.51. The van der Waals surface area contributed by atoms with Gasteiger partial charge in [-0.3, -0.25) is 4.79 Å². The van der Waals surface area contributed by atoms with Gasteiger partial charge in [-0.2, -0.15) is 0 Å². The Morgan fingerprint density at radius 3 is 2.05 bits per heavy atom. The number of halogens is 1. The predicted octanol–water partition coefficient (Wildman–Crippen LogP) is 5.17. The number of rotatable bonds is 4. The van der Waals surface area contributed by atoms with Crippen LogP contribution >= 0.6 is 15.9 Å². The van der Waals surface area contributed by atoms with E-state index in [0.717, 1.165) is 34.2 Å². The molecule has 4 fully saturated rings. The van der Waals surface area contributed by atoms with Crippen molar-refractivity contribution in [2.24, 2.45) is 23.2 Å². The van der Waals surface area contributed by atoms with Gasteiger partial charge in [-0.1, -0.05) is 28.1 Å². The number of Topliss-reactive ketones (excluding diaryl/α,β-unsaturated/α-hetero) is 1.